The molecule has 7 heteroatoms. The van der Waals surface area contributed by atoms with Crippen molar-refractivity contribution in [3.8, 4) is 0 Å². The summed E-state index contributed by atoms with van der Waals surface area (Å²) in [5.41, 5.74) is 6.72. The largest absolute Gasteiger partial charge is 0.409 e. The van der Waals surface area contributed by atoms with E-state index < -0.39 is 0 Å². The smallest absolute Gasteiger partial charge is 0.189 e. The van der Waals surface area contributed by atoms with E-state index in [0.29, 0.717) is 25.3 Å². The molecule has 1 aromatic heterocycles. The second-order valence-corrected chi connectivity index (χ2v) is 3.72. The average Bonchev–Trinajstić information content (AvgIpc) is 2.39. The summed E-state index contributed by atoms with van der Waals surface area (Å²) in [6.07, 6.45) is 1.55. The molecular weight excluding hydrogens is 236 g/mol. The summed E-state index contributed by atoms with van der Waals surface area (Å²) >= 11 is 0. The molecule has 18 heavy (non-hydrogen) atoms. The second-order valence-electron chi connectivity index (χ2n) is 3.72. The van der Waals surface area contributed by atoms with E-state index in [2.05, 4.69) is 10.1 Å². The Morgan fingerprint density at radius 1 is 1.33 bits per heavy atom. The Bertz CT molecular complexity index is 392. The number of aliphatic hydroxyl groups is 2. The first-order chi connectivity index (χ1) is 8.72. The Kier molecular flexibility index (Phi) is 6.06. The van der Waals surface area contributed by atoms with Crippen molar-refractivity contribution in [3.63, 3.8) is 0 Å². The van der Waals surface area contributed by atoms with E-state index in [1.165, 1.54) is 0 Å². The van der Waals surface area contributed by atoms with Gasteiger partial charge >= 0.3 is 0 Å². The number of aromatic nitrogens is 1. The highest BCUT2D eigenvalue weighted by molar-refractivity contribution is 5.96. The van der Waals surface area contributed by atoms with Gasteiger partial charge in [-0.15, -0.1) is 0 Å². The van der Waals surface area contributed by atoms with Crippen LogP contribution >= 0.6 is 0 Å². The Hall–Kier alpha value is -1.70. The maximum absolute atomic E-state index is 8.94. The fourth-order valence-electron chi connectivity index (χ4n) is 1.64. The minimum atomic E-state index is -0.0569. The predicted molar refractivity (Wildman–Crippen MR) is 66.2 cm³/mol. The molecule has 0 spiro atoms. The van der Waals surface area contributed by atoms with Crippen molar-refractivity contribution in [2.75, 3.05) is 26.3 Å². The van der Waals surface area contributed by atoms with Gasteiger partial charge in [0, 0.05) is 25.8 Å². The average molecular weight is 254 g/mol. The van der Waals surface area contributed by atoms with Crippen molar-refractivity contribution in [2.24, 2.45) is 10.9 Å². The fourth-order valence-corrected chi connectivity index (χ4v) is 1.64. The van der Waals surface area contributed by atoms with Crippen molar-refractivity contribution < 1.29 is 15.4 Å². The number of hydrogen-bond donors (Lipinski definition) is 4. The zero-order valence-electron chi connectivity index (χ0n) is 10.0. The summed E-state index contributed by atoms with van der Waals surface area (Å²) < 4.78 is 0. The van der Waals surface area contributed by atoms with Gasteiger partial charge in [-0.1, -0.05) is 11.2 Å². The molecule has 0 radical (unpaired) electrons. The number of nitrogens with zero attached hydrogens (tertiary/aromatic N) is 3. The summed E-state index contributed by atoms with van der Waals surface area (Å²) in [5, 5.41) is 29.5. The van der Waals surface area contributed by atoms with Gasteiger partial charge in [-0.25, -0.2) is 0 Å². The third-order valence-electron chi connectivity index (χ3n) is 2.47. The molecule has 0 saturated carbocycles. The van der Waals surface area contributed by atoms with Crippen LogP contribution in [0, 0.1) is 0 Å². The molecule has 1 aromatic rings. The van der Waals surface area contributed by atoms with E-state index in [1.807, 2.05) is 11.0 Å². The molecule has 0 amide bonds. The van der Waals surface area contributed by atoms with E-state index in [9.17, 15) is 0 Å². The van der Waals surface area contributed by atoms with Gasteiger partial charge in [-0.2, -0.15) is 0 Å². The molecule has 7 nitrogen and oxygen atoms in total. The molecule has 0 atom stereocenters. The van der Waals surface area contributed by atoms with Gasteiger partial charge in [0.1, 0.15) is 5.69 Å². The first-order valence-electron chi connectivity index (χ1n) is 5.58. The maximum atomic E-state index is 8.94. The van der Waals surface area contributed by atoms with Crippen molar-refractivity contribution in [3.05, 3.63) is 29.6 Å². The molecule has 1 rings (SSSR count). The molecule has 0 saturated heterocycles. The summed E-state index contributed by atoms with van der Waals surface area (Å²) in [4.78, 5) is 5.91. The van der Waals surface area contributed by atoms with Crippen molar-refractivity contribution in [2.45, 2.75) is 6.54 Å². The Morgan fingerprint density at radius 3 is 2.56 bits per heavy atom. The zero-order chi connectivity index (χ0) is 13.4. The molecule has 100 valence electrons. The number of hydrogen-bond acceptors (Lipinski definition) is 6. The molecule has 5 N–H and O–H groups in total. The van der Waals surface area contributed by atoms with E-state index in [-0.39, 0.29) is 19.0 Å². The maximum Gasteiger partial charge on any atom is 0.189 e. The molecule has 1 heterocycles. The zero-order valence-corrected chi connectivity index (χ0v) is 10.0. The molecular formula is C11H18N4O3. The van der Waals surface area contributed by atoms with Gasteiger partial charge in [0.25, 0.3) is 0 Å². The van der Waals surface area contributed by atoms with E-state index in [0.717, 1.165) is 5.56 Å². The summed E-state index contributed by atoms with van der Waals surface area (Å²) in [6.45, 7) is 1.33. The minimum absolute atomic E-state index is 0.000826. The third-order valence-corrected chi connectivity index (χ3v) is 2.47. The number of nitrogens with two attached hydrogens (primary N) is 1. The standard InChI is InChI=1S/C11H18N4O3/c12-11(14-18)10-9(2-1-3-13-10)8-15(4-6-16)5-7-17/h1-3,16-18H,4-8H2,(H2,12,14). The highest BCUT2D eigenvalue weighted by Crippen LogP contribution is 2.08. The van der Waals surface area contributed by atoms with Crippen LogP contribution in [0.4, 0.5) is 0 Å². The van der Waals surface area contributed by atoms with Crippen molar-refractivity contribution in [1.29, 1.82) is 0 Å². The summed E-state index contributed by atoms with van der Waals surface area (Å²) in [5.74, 6) is -0.0569. The van der Waals surface area contributed by atoms with Crippen LogP contribution in [0.15, 0.2) is 23.5 Å². The summed E-state index contributed by atoms with van der Waals surface area (Å²) in [7, 11) is 0. The first kappa shape index (κ1) is 14.4. The van der Waals surface area contributed by atoms with E-state index in [4.69, 9.17) is 21.2 Å². The van der Waals surface area contributed by atoms with Crippen LogP contribution in [-0.2, 0) is 6.54 Å². The van der Waals surface area contributed by atoms with Crippen LogP contribution in [-0.4, -0.2) is 57.4 Å². The van der Waals surface area contributed by atoms with Crippen LogP contribution in [0.5, 0.6) is 0 Å². The van der Waals surface area contributed by atoms with Crippen LogP contribution in [0.1, 0.15) is 11.3 Å². The minimum Gasteiger partial charge on any atom is -0.409 e. The number of amidine groups is 1. The number of oxime groups is 1. The molecule has 0 bridgehead atoms. The topological polar surface area (TPSA) is 115 Å². The predicted octanol–water partition coefficient (Wildman–Crippen LogP) is -1.04. The lowest BCUT2D eigenvalue weighted by molar-refractivity contribution is 0.155. The van der Waals surface area contributed by atoms with Crippen LogP contribution in [0.3, 0.4) is 0 Å². The van der Waals surface area contributed by atoms with Crippen LogP contribution < -0.4 is 5.73 Å². The lowest BCUT2D eigenvalue weighted by Gasteiger charge is -2.21. The van der Waals surface area contributed by atoms with E-state index in [1.54, 1.807) is 12.3 Å². The SMILES string of the molecule is NC(=NO)c1ncccc1CN(CCO)CCO. The molecule has 0 fully saturated rings. The van der Waals surface area contributed by atoms with Gasteiger partial charge in [0.05, 0.1) is 13.2 Å². The highest BCUT2D eigenvalue weighted by atomic mass is 16.4. The van der Waals surface area contributed by atoms with Crippen LogP contribution in [0.25, 0.3) is 0 Å². The fraction of sp³-hybridized carbons (Fsp3) is 0.455. The lowest BCUT2D eigenvalue weighted by Crippen LogP contribution is -2.30. The Balaban J connectivity index is 2.88. The number of aliphatic hydroxyl groups excluding tert-OH is 2. The monoisotopic (exact) mass is 254 g/mol. The normalized spacial score (nSPS) is 12.1. The van der Waals surface area contributed by atoms with Crippen molar-refractivity contribution in [1.82, 2.24) is 9.88 Å². The van der Waals surface area contributed by atoms with Crippen molar-refractivity contribution >= 4 is 5.84 Å². The molecule has 0 unspecified atom stereocenters. The quantitative estimate of drug-likeness (QED) is 0.214. The first-order valence-corrected chi connectivity index (χ1v) is 5.58. The highest BCUT2D eigenvalue weighted by Gasteiger charge is 2.12. The molecule has 0 aliphatic heterocycles. The second kappa shape index (κ2) is 7.59. The molecule has 0 aliphatic rings. The Labute approximate surface area is 105 Å². The molecule has 0 aromatic carbocycles. The van der Waals surface area contributed by atoms with Gasteiger partial charge < -0.3 is 21.2 Å². The van der Waals surface area contributed by atoms with Crippen LogP contribution in [0.2, 0.25) is 0 Å². The van der Waals surface area contributed by atoms with E-state index >= 15 is 0 Å². The van der Waals surface area contributed by atoms with Gasteiger partial charge in [0.2, 0.25) is 0 Å². The third kappa shape index (κ3) is 3.95. The van der Waals surface area contributed by atoms with Gasteiger partial charge in [0.15, 0.2) is 5.84 Å². The lowest BCUT2D eigenvalue weighted by atomic mass is 10.1. The number of rotatable bonds is 7. The summed E-state index contributed by atoms with van der Waals surface area (Å²) in [6, 6.07) is 3.56. The molecule has 0 aliphatic carbocycles. The number of pyridine rings is 1. The van der Waals surface area contributed by atoms with Gasteiger partial charge in [-0.3, -0.25) is 9.88 Å². The Morgan fingerprint density at radius 2 is 2.00 bits per heavy atom. The van der Waals surface area contributed by atoms with Gasteiger partial charge in [-0.05, 0) is 11.6 Å².